The van der Waals surface area contributed by atoms with E-state index in [-0.39, 0.29) is 11.5 Å². The molecule has 0 spiro atoms. The largest absolute Gasteiger partial charge is 0.393 e. The maximum atomic E-state index is 10.2. The Labute approximate surface area is 179 Å². The van der Waals surface area contributed by atoms with Crippen molar-refractivity contribution >= 4 is 0 Å². The first-order valence-corrected chi connectivity index (χ1v) is 12.2. The van der Waals surface area contributed by atoms with E-state index >= 15 is 0 Å². The molecule has 7 atom stereocenters. The minimum Gasteiger partial charge on any atom is -0.393 e. The molecule has 0 bridgehead atoms. The van der Waals surface area contributed by atoms with Gasteiger partial charge in [0.15, 0.2) is 0 Å². The van der Waals surface area contributed by atoms with Crippen LogP contribution in [0.25, 0.3) is 0 Å². The summed E-state index contributed by atoms with van der Waals surface area (Å²) >= 11 is 0. The fraction of sp³-hybridized carbons (Fsp3) is 0.714. The highest BCUT2D eigenvalue weighted by Crippen LogP contribution is 2.63. The number of fused-ring (bicyclic) bond motifs is 5. The third kappa shape index (κ3) is 3.42. The summed E-state index contributed by atoms with van der Waals surface area (Å²) in [6.45, 7) is 14.5. The van der Waals surface area contributed by atoms with Crippen LogP contribution in [0.4, 0.5) is 0 Å². The van der Waals surface area contributed by atoms with Crippen LogP contribution in [-0.4, -0.2) is 11.2 Å². The second kappa shape index (κ2) is 7.56. The van der Waals surface area contributed by atoms with Crippen LogP contribution in [0.1, 0.15) is 80.1 Å². The first-order valence-electron chi connectivity index (χ1n) is 12.2. The van der Waals surface area contributed by atoms with Crippen LogP contribution in [0.2, 0.25) is 0 Å². The topological polar surface area (TPSA) is 20.2 Å². The van der Waals surface area contributed by atoms with Crippen LogP contribution >= 0.6 is 0 Å². The van der Waals surface area contributed by atoms with Crippen LogP contribution in [-0.2, 0) is 0 Å². The highest BCUT2D eigenvalue weighted by atomic mass is 16.3. The Hall–Kier alpha value is -1.08. The molecular weight excluding hydrogens is 352 g/mol. The van der Waals surface area contributed by atoms with Crippen molar-refractivity contribution in [2.45, 2.75) is 86.2 Å². The number of rotatable bonds is 4. The number of allylic oxidation sites excluding steroid dienone is 7. The average molecular weight is 395 g/mol. The number of hydrogen-bond acceptors (Lipinski definition) is 1. The molecule has 0 heterocycles. The minimum atomic E-state index is -0.143. The number of hydrogen-bond donors (Lipinski definition) is 1. The van der Waals surface area contributed by atoms with Crippen LogP contribution in [0.3, 0.4) is 0 Å². The van der Waals surface area contributed by atoms with Gasteiger partial charge in [-0.05, 0) is 84.7 Å². The Morgan fingerprint density at radius 3 is 2.52 bits per heavy atom. The molecule has 1 heteroatoms. The molecule has 160 valence electrons. The lowest BCUT2D eigenvalue weighted by Crippen LogP contribution is -2.41. The normalized spacial score (nSPS) is 41.2. The van der Waals surface area contributed by atoms with Gasteiger partial charge in [-0.25, -0.2) is 0 Å². The van der Waals surface area contributed by atoms with Crippen LogP contribution in [0.5, 0.6) is 0 Å². The summed E-state index contributed by atoms with van der Waals surface area (Å²) in [5, 5.41) is 10.2. The van der Waals surface area contributed by atoms with Crippen molar-refractivity contribution in [3.63, 3.8) is 0 Å². The Morgan fingerprint density at radius 2 is 1.79 bits per heavy atom. The summed E-state index contributed by atoms with van der Waals surface area (Å²) in [4.78, 5) is 0. The molecule has 0 saturated heterocycles. The van der Waals surface area contributed by atoms with E-state index in [4.69, 9.17) is 0 Å². The van der Waals surface area contributed by atoms with Gasteiger partial charge in [0.2, 0.25) is 0 Å². The van der Waals surface area contributed by atoms with E-state index in [1.807, 2.05) is 0 Å². The van der Waals surface area contributed by atoms with Gasteiger partial charge >= 0.3 is 0 Å². The van der Waals surface area contributed by atoms with Crippen LogP contribution < -0.4 is 0 Å². The van der Waals surface area contributed by atoms with E-state index in [1.165, 1.54) is 24.8 Å². The lowest BCUT2D eigenvalue weighted by molar-refractivity contribution is 0.113. The molecule has 2 saturated carbocycles. The molecule has 0 aliphatic heterocycles. The fourth-order valence-electron chi connectivity index (χ4n) is 6.96. The van der Waals surface area contributed by atoms with Crippen molar-refractivity contribution in [3.8, 4) is 0 Å². The molecule has 1 N–H and O–H groups in total. The summed E-state index contributed by atoms with van der Waals surface area (Å²) in [7, 11) is 0. The smallest absolute Gasteiger partial charge is 0.0578 e. The van der Waals surface area contributed by atoms with Gasteiger partial charge in [-0.1, -0.05) is 77.5 Å². The van der Waals surface area contributed by atoms with Crippen molar-refractivity contribution < 1.29 is 5.11 Å². The zero-order valence-electron chi connectivity index (χ0n) is 19.5. The molecule has 0 radical (unpaired) electrons. The predicted octanol–water partition coefficient (Wildman–Crippen LogP) is 7.25. The van der Waals surface area contributed by atoms with Gasteiger partial charge in [-0.3, -0.25) is 0 Å². The molecule has 0 aromatic heterocycles. The Bertz CT molecular complexity index is 765. The molecule has 1 nitrogen and oxygen atoms in total. The second-order valence-electron chi connectivity index (χ2n) is 11.5. The van der Waals surface area contributed by atoms with E-state index in [0.717, 1.165) is 25.2 Å². The first kappa shape index (κ1) is 21.2. The SMILES string of the molecule is CC(C)[C@H](C)/C=C/[C@@H](C)[C@H]1CC[C@@H]2C3=CC=C4C[C@@H](O)CC[C@]4(C)C3=CC[C@@]21C. The quantitative estimate of drug-likeness (QED) is 0.498. The molecular formula is C28H42O. The molecule has 4 aliphatic rings. The van der Waals surface area contributed by atoms with Crippen molar-refractivity contribution in [3.05, 3.63) is 47.1 Å². The zero-order valence-corrected chi connectivity index (χ0v) is 19.5. The number of aliphatic hydroxyl groups excluding tert-OH is 1. The second-order valence-corrected chi connectivity index (χ2v) is 11.5. The van der Waals surface area contributed by atoms with Crippen molar-refractivity contribution in [2.24, 2.45) is 40.4 Å². The highest BCUT2D eigenvalue weighted by molar-refractivity contribution is 5.53. The third-order valence-corrected chi connectivity index (χ3v) is 9.45. The molecule has 4 aliphatic carbocycles. The summed E-state index contributed by atoms with van der Waals surface area (Å²) in [5.74, 6) is 3.50. The fourth-order valence-corrected chi connectivity index (χ4v) is 6.96. The lowest BCUT2D eigenvalue weighted by Gasteiger charge is -2.50. The molecule has 0 aromatic rings. The maximum absolute atomic E-state index is 10.2. The van der Waals surface area contributed by atoms with Crippen molar-refractivity contribution in [1.82, 2.24) is 0 Å². The first-order chi connectivity index (χ1) is 13.7. The van der Waals surface area contributed by atoms with E-state index in [1.54, 1.807) is 11.1 Å². The zero-order chi connectivity index (χ0) is 21.0. The Balaban J connectivity index is 1.60. The molecule has 2 fully saturated rings. The van der Waals surface area contributed by atoms with Gasteiger partial charge < -0.3 is 5.11 Å². The third-order valence-electron chi connectivity index (χ3n) is 9.45. The predicted molar refractivity (Wildman–Crippen MR) is 123 cm³/mol. The summed E-state index contributed by atoms with van der Waals surface area (Å²) in [5.41, 5.74) is 5.26. The van der Waals surface area contributed by atoms with Gasteiger partial charge in [0, 0.05) is 5.41 Å². The minimum absolute atomic E-state index is 0.143. The monoisotopic (exact) mass is 394 g/mol. The van der Waals surface area contributed by atoms with Gasteiger partial charge in [0.25, 0.3) is 0 Å². The Morgan fingerprint density at radius 1 is 1.03 bits per heavy atom. The Kier molecular flexibility index (Phi) is 5.52. The molecule has 0 amide bonds. The molecule has 4 rings (SSSR count). The van der Waals surface area contributed by atoms with Gasteiger partial charge in [-0.15, -0.1) is 0 Å². The molecule has 29 heavy (non-hydrogen) atoms. The van der Waals surface area contributed by atoms with Crippen molar-refractivity contribution in [2.75, 3.05) is 0 Å². The summed E-state index contributed by atoms with van der Waals surface area (Å²) in [6.07, 6.45) is 19.1. The van der Waals surface area contributed by atoms with E-state index in [9.17, 15) is 5.11 Å². The van der Waals surface area contributed by atoms with Gasteiger partial charge in [-0.2, -0.15) is 0 Å². The standard InChI is InChI=1S/C28H42O/c1-18(2)19(3)7-8-20(4)24-11-12-25-23-10-9-21-17-22(29)13-15-27(21,5)26(23)14-16-28(24,25)6/h7-10,14,18-20,22,24-25,29H,11-13,15-17H2,1-6H3/b8-7+/t19-,20-,22+,24-,25-,27+,28-/m1/s1. The van der Waals surface area contributed by atoms with Crippen LogP contribution in [0, 0.1) is 40.4 Å². The van der Waals surface area contributed by atoms with Gasteiger partial charge in [0.05, 0.1) is 6.10 Å². The molecule has 0 unspecified atom stereocenters. The van der Waals surface area contributed by atoms with Gasteiger partial charge in [0.1, 0.15) is 0 Å². The number of aliphatic hydroxyl groups is 1. The van der Waals surface area contributed by atoms with Crippen LogP contribution in [0.15, 0.2) is 47.1 Å². The molecule has 0 aromatic carbocycles. The lowest BCUT2D eigenvalue weighted by atomic mass is 9.54. The maximum Gasteiger partial charge on any atom is 0.0578 e. The van der Waals surface area contributed by atoms with E-state index < -0.39 is 0 Å². The van der Waals surface area contributed by atoms with E-state index in [0.29, 0.717) is 29.1 Å². The summed E-state index contributed by atoms with van der Waals surface area (Å²) in [6, 6.07) is 0. The highest BCUT2D eigenvalue weighted by Gasteiger charge is 2.53. The van der Waals surface area contributed by atoms with E-state index in [2.05, 4.69) is 71.9 Å². The average Bonchev–Trinajstić information content (AvgIpc) is 3.03. The van der Waals surface area contributed by atoms with Crippen molar-refractivity contribution in [1.29, 1.82) is 0 Å². The summed E-state index contributed by atoms with van der Waals surface area (Å²) < 4.78 is 0.